The highest BCUT2D eigenvalue weighted by molar-refractivity contribution is 6.35. The summed E-state index contributed by atoms with van der Waals surface area (Å²) in [6.07, 6.45) is 4.70. The quantitative estimate of drug-likeness (QED) is 0.473. The summed E-state index contributed by atoms with van der Waals surface area (Å²) in [5.74, 6) is -0.601. The lowest BCUT2D eigenvalue weighted by molar-refractivity contribution is 0.0512. The van der Waals surface area contributed by atoms with Gasteiger partial charge in [-0.25, -0.2) is 14.5 Å². The molecular formula is C18H15ClN4O4. The fraction of sp³-hybridized carbons (Fsp3) is 0.278. The van der Waals surface area contributed by atoms with Crippen molar-refractivity contribution in [2.24, 2.45) is 0 Å². The Morgan fingerprint density at radius 1 is 1.37 bits per heavy atom. The number of ether oxygens (including phenoxy) is 1. The molecule has 2 heterocycles. The first-order chi connectivity index (χ1) is 13.1. The second-order valence-corrected chi connectivity index (χ2v) is 6.51. The van der Waals surface area contributed by atoms with Crippen molar-refractivity contribution < 1.29 is 18.8 Å². The minimum atomic E-state index is -0.688. The highest BCUT2D eigenvalue weighted by Crippen LogP contribution is 2.43. The van der Waals surface area contributed by atoms with Crippen LogP contribution in [-0.2, 0) is 4.74 Å². The molecule has 0 amide bonds. The van der Waals surface area contributed by atoms with E-state index in [4.69, 9.17) is 20.9 Å². The summed E-state index contributed by atoms with van der Waals surface area (Å²) < 4.78 is 11.8. The van der Waals surface area contributed by atoms with Crippen molar-refractivity contribution >= 4 is 23.4 Å². The minimum Gasteiger partial charge on any atom is -0.461 e. The third kappa shape index (κ3) is 3.23. The number of carbonyl (C=O) groups excluding carboxylic acids is 2. The van der Waals surface area contributed by atoms with Crippen molar-refractivity contribution in [2.75, 3.05) is 6.61 Å². The molecule has 2 aromatic heterocycles. The molecule has 0 bridgehead atoms. The van der Waals surface area contributed by atoms with Gasteiger partial charge in [-0.1, -0.05) is 16.8 Å². The molecule has 1 aromatic carbocycles. The van der Waals surface area contributed by atoms with Gasteiger partial charge >= 0.3 is 5.97 Å². The van der Waals surface area contributed by atoms with Gasteiger partial charge in [-0.05, 0) is 38.0 Å². The lowest BCUT2D eigenvalue weighted by atomic mass is 9.99. The van der Waals surface area contributed by atoms with E-state index in [1.165, 1.54) is 17.3 Å². The van der Waals surface area contributed by atoms with Crippen molar-refractivity contribution in [1.29, 1.82) is 0 Å². The van der Waals surface area contributed by atoms with Gasteiger partial charge in [-0.2, -0.15) is 5.10 Å². The van der Waals surface area contributed by atoms with E-state index < -0.39 is 11.8 Å². The predicted molar refractivity (Wildman–Crippen MR) is 94.2 cm³/mol. The predicted octanol–water partition coefficient (Wildman–Crippen LogP) is 3.19. The highest BCUT2D eigenvalue weighted by atomic mass is 35.5. The van der Waals surface area contributed by atoms with E-state index in [2.05, 4.69) is 15.2 Å². The van der Waals surface area contributed by atoms with Crippen molar-refractivity contribution in [3.05, 3.63) is 58.5 Å². The number of hydrogen-bond donors (Lipinski definition) is 0. The average molecular weight is 387 g/mol. The zero-order chi connectivity index (χ0) is 19.0. The molecule has 0 spiro atoms. The summed E-state index contributed by atoms with van der Waals surface area (Å²) in [5.41, 5.74) is 0.926. The SMILES string of the molecule is CCOC(=O)c1noc(C2CC2)c1C(=O)c1ccc(-n2cncn2)cc1Cl. The molecule has 0 unspecified atom stereocenters. The summed E-state index contributed by atoms with van der Waals surface area (Å²) in [6, 6.07) is 4.89. The minimum absolute atomic E-state index is 0.0906. The summed E-state index contributed by atoms with van der Waals surface area (Å²) >= 11 is 6.35. The number of hydrogen-bond acceptors (Lipinski definition) is 7. The van der Waals surface area contributed by atoms with Gasteiger partial charge in [0.15, 0.2) is 5.76 Å². The van der Waals surface area contributed by atoms with Crippen molar-refractivity contribution in [1.82, 2.24) is 19.9 Å². The number of rotatable bonds is 6. The summed E-state index contributed by atoms with van der Waals surface area (Å²) in [5, 5.41) is 8.05. The molecule has 8 nitrogen and oxygen atoms in total. The van der Waals surface area contributed by atoms with Crippen LogP contribution in [0.4, 0.5) is 0 Å². The zero-order valence-electron chi connectivity index (χ0n) is 14.4. The number of esters is 1. The molecule has 1 saturated carbocycles. The lowest BCUT2D eigenvalue weighted by Crippen LogP contribution is -2.13. The van der Waals surface area contributed by atoms with Crippen LogP contribution < -0.4 is 0 Å². The molecule has 0 saturated heterocycles. The van der Waals surface area contributed by atoms with Crippen LogP contribution in [0.25, 0.3) is 5.69 Å². The fourth-order valence-corrected chi connectivity index (χ4v) is 3.05. The van der Waals surface area contributed by atoms with E-state index >= 15 is 0 Å². The van der Waals surface area contributed by atoms with Gasteiger partial charge < -0.3 is 9.26 Å². The maximum absolute atomic E-state index is 13.2. The first kappa shape index (κ1) is 17.4. The van der Waals surface area contributed by atoms with Crippen LogP contribution in [0.5, 0.6) is 0 Å². The summed E-state index contributed by atoms with van der Waals surface area (Å²) in [4.78, 5) is 29.3. The Morgan fingerprint density at radius 3 is 2.81 bits per heavy atom. The Morgan fingerprint density at radius 2 is 2.19 bits per heavy atom. The molecule has 3 aromatic rings. The summed E-state index contributed by atoms with van der Waals surface area (Å²) in [7, 11) is 0. The average Bonchev–Trinajstić information content (AvgIpc) is 3.19. The number of carbonyl (C=O) groups is 2. The normalized spacial score (nSPS) is 13.6. The maximum atomic E-state index is 13.2. The van der Waals surface area contributed by atoms with Gasteiger partial charge in [-0.3, -0.25) is 4.79 Å². The molecule has 9 heteroatoms. The van der Waals surface area contributed by atoms with Gasteiger partial charge in [0.25, 0.3) is 0 Å². The molecule has 0 aliphatic heterocycles. The van der Waals surface area contributed by atoms with E-state index in [1.807, 2.05) is 0 Å². The van der Waals surface area contributed by atoms with Crippen LogP contribution in [-0.4, -0.2) is 38.3 Å². The molecule has 0 radical (unpaired) electrons. The van der Waals surface area contributed by atoms with E-state index in [9.17, 15) is 9.59 Å². The van der Waals surface area contributed by atoms with Crippen LogP contribution in [0, 0.1) is 0 Å². The molecule has 1 fully saturated rings. The molecular weight excluding hydrogens is 372 g/mol. The standard InChI is InChI=1S/C18H15ClN4O4/c1-2-26-18(25)15-14(17(27-22-15)10-3-4-10)16(24)12-6-5-11(7-13(12)19)23-9-20-8-21-23/h5-10H,2-4H2,1H3. The van der Waals surface area contributed by atoms with Gasteiger partial charge in [0.2, 0.25) is 11.5 Å². The third-order valence-electron chi connectivity index (χ3n) is 4.24. The monoisotopic (exact) mass is 386 g/mol. The van der Waals surface area contributed by atoms with Gasteiger partial charge in [-0.15, -0.1) is 0 Å². The van der Waals surface area contributed by atoms with Gasteiger partial charge in [0.1, 0.15) is 18.2 Å². The van der Waals surface area contributed by atoms with Gasteiger partial charge in [0, 0.05) is 11.5 Å². The Labute approximate surface area is 159 Å². The second kappa shape index (κ2) is 6.96. The number of halogens is 1. The highest BCUT2D eigenvalue weighted by Gasteiger charge is 2.38. The Hall–Kier alpha value is -3.00. The molecule has 27 heavy (non-hydrogen) atoms. The molecule has 138 valence electrons. The number of benzene rings is 1. The van der Waals surface area contributed by atoms with E-state index in [0.717, 1.165) is 12.8 Å². The van der Waals surface area contributed by atoms with Crippen molar-refractivity contribution in [3.8, 4) is 5.69 Å². The largest absolute Gasteiger partial charge is 0.461 e. The summed E-state index contributed by atoms with van der Waals surface area (Å²) in [6.45, 7) is 1.85. The smallest absolute Gasteiger partial charge is 0.361 e. The first-order valence-corrected chi connectivity index (χ1v) is 8.84. The number of nitrogens with zero attached hydrogens (tertiary/aromatic N) is 4. The topological polar surface area (TPSA) is 100 Å². The van der Waals surface area contributed by atoms with Gasteiger partial charge in [0.05, 0.1) is 17.3 Å². The van der Waals surface area contributed by atoms with Crippen LogP contribution >= 0.6 is 11.6 Å². The number of aromatic nitrogens is 4. The first-order valence-electron chi connectivity index (χ1n) is 8.46. The van der Waals surface area contributed by atoms with E-state index in [-0.39, 0.29) is 34.4 Å². The van der Waals surface area contributed by atoms with Crippen LogP contribution in [0.1, 0.15) is 57.9 Å². The zero-order valence-corrected chi connectivity index (χ0v) is 15.1. The Balaban J connectivity index is 1.74. The maximum Gasteiger partial charge on any atom is 0.361 e. The Bertz CT molecular complexity index is 1010. The van der Waals surface area contributed by atoms with E-state index in [1.54, 1.807) is 25.1 Å². The molecule has 0 N–H and O–H groups in total. The fourth-order valence-electron chi connectivity index (χ4n) is 2.79. The lowest BCUT2D eigenvalue weighted by Gasteiger charge is -2.07. The van der Waals surface area contributed by atoms with Crippen molar-refractivity contribution in [2.45, 2.75) is 25.7 Å². The van der Waals surface area contributed by atoms with Crippen molar-refractivity contribution in [3.63, 3.8) is 0 Å². The van der Waals surface area contributed by atoms with E-state index in [0.29, 0.717) is 11.4 Å². The Kier molecular flexibility index (Phi) is 4.49. The molecule has 1 aliphatic rings. The van der Waals surface area contributed by atoms with Crippen LogP contribution in [0.2, 0.25) is 5.02 Å². The molecule has 0 atom stereocenters. The van der Waals surface area contributed by atoms with Crippen LogP contribution in [0.15, 0.2) is 35.4 Å². The van der Waals surface area contributed by atoms with Crippen LogP contribution in [0.3, 0.4) is 0 Å². The molecule has 4 rings (SSSR count). The second-order valence-electron chi connectivity index (χ2n) is 6.10. The molecule has 1 aliphatic carbocycles. The number of ketones is 1. The third-order valence-corrected chi connectivity index (χ3v) is 4.56.